The average molecular weight is 619 g/mol. The Hall–Kier alpha value is -5.16. The van der Waals surface area contributed by atoms with E-state index in [1.165, 1.54) is 38.6 Å². The number of aryl methyl sites for hydroxylation is 2. The fraction of sp³-hybridized carbons (Fsp3) is 0.238. The Morgan fingerprint density at radius 3 is 2.32 bits per heavy atom. The molecule has 0 aliphatic carbocycles. The topological polar surface area (TPSA) is 44.9 Å². The second-order valence-corrected chi connectivity index (χ2v) is 13.6. The summed E-state index contributed by atoms with van der Waals surface area (Å²) in [5.41, 5.74) is 11.0. The van der Waals surface area contributed by atoms with Gasteiger partial charge in [-0.15, -0.1) is 0 Å². The standard InChI is InChI=1S/C42H42N4O/c1-27(2)20-31-15-14-30(6)38(21-28(3)4)42(31)32-25-44-45(26-32)33-10-9-11-34(23-33)47-35-16-17-37-36-12-7-8-13-39(36)46(40(37)24-35)41-22-29(5)18-19-43-41/h7-19,22-28H,20-21H2,1-6H3. The molecule has 4 aromatic carbocycles. The molecule has 0 spiro atoms. The number of ether oxygens (including phenoxy) is 1. The number of nitrogens with zero attached hydrogens (tertiary/aromatic N) is 4. The lowest BCUT2D eigenvalue weighted by molar-refractivity contribution is 0.483. The third-order valence-electron chi connectivity index (χ3n) is 8.84. The van der Waals surface area contributed by atoms with Crippen molar-refractivity contribution in [1.29, 1.82) is 0 Å². The number of fused-ring (bicyclic) bond motifs is 3. The molecule has 7 rings (SSSR count). The van der Waals surface area contributed by atoms with Crippen LogP contribution in [0.1, 0.15) is 49.9 Å². The average Bonchev–Trinajstić information content (AvgIpc) is 3.65. The van der Waals surface area contributed by atoms with Crippen molar-refractivity contribution in [3.05, 3.63) is 132 Å². The van der Waals surface area contributed by atoms with Gasteiger partial charge in [-0.1, -0.05) is 64.1 Å². The SMILES string of the molecule is Cc1ccnc(-n2c3ccccc3c3ccc(Oc4cccc(-n5cc(-c6c(CC(C)C)ccc(C)c6CC(C)C)cn5)c4)cc32)c1. The number of para-hydroxylation sites is 1. The van der Waals surface area contributed by atoms with Crippen LogP contribution in [0.4, 0.5) is 0 Å². The third-order valence-corrected chi connectivity index (χ3v) is 8.84. The molecule has 3 aromatic heterocycles. The minimum atomic E-state index is 0.569. The molecule has 7 aromatic rings. The molecule has 0 N–H and O–H groups in total. The molecule has 3 heterocycles. The second kappa shape index (κ2) is 12.6. The molecule has 0 aliphatic rings. The quantitative estimate of drug-likeness (QED) is 0.162. The molecule has 0 fully saturated rings. The van der Waals surface area contributed by atoms with Crippen LogP contribution in [0.5, 0.6) is 11.5 Å². The monoisotopic (exact) mass is 618 g/mol. The summed E-state index contributed by atoms with van der Waals surface area (Å²) in [5.74, 6) is 3.56. The van der Waals surface area contributed by atoms with Gasteiger partial charge in [0.25, 0.3) is 0 Å². The van der Waals surface area contributed by atoms with Crippen molar-refractivity contribution < 1.29 is 4.74 Å². The molecular weight excluding hydrogens is 576 g/mol. The number of hydrogen-bond donors (Lipinski definition) is 0. The molecule has 0 unspecified atom stereocenters. The van der Waals surface area contributed by atoms with E-state index in [1.807, 2.05) is 41.3 Å². The summed E-state index contributed by atoms with van der Waals surface area (Å²) >= 11 is 0. The van der Waals surface area contributed by atoms with E-state index in [4.69, 9.17) is 14.8 Å². The molecule has 236 valence electrons. The van der Waals surface area contributed by atoms with E-state index in [0.29, 0.717) is 11.8 Å². The molecule has 47 heavy (non-hydrogen) atoms. The Morgan fingerprint density at radius 2 is 1.51 bits per heavy atom. The van der Waals surface area contributed by atoms with E-state index >= 15 is 0 Å². The Morgan fingerprint density at radius 1 is 0.723 bits per heavy atom. The van der Waals surface area contributed by atoms with Gasteiger partial charge in [0.2, 0.25) is 0 Å². The molecule has 0 saturated carbocycles. The van der Waals surface area contributed by atoms with Crippen LogP contribution in [-0.4, -0.2) is 19.3 Å². The van der Waals surface area contributed by atoms with Gasteiger partial charge in [-0.05, 0) is 109 Å². The van der Waals surface area contributed by atoms with Crippen LogP contribution < -0.4 is 4.74 Å². The minimum Gasteiger partial charge on any atom is -0.457 e. The number of aromatic nitrogens is 4. The van der Waals surface area contributed by atoms with Crippen LogP contribution in [0, 0.1) is 25.7 Å². The van der Waals surface area contributed by atoms with Crippen molar-refractivity contribution in [3.63, 3.8) is 0 Å². The van der Waals surface area contributed by atoms with Crippen molar-refractivity contribution in [1.82, 2.24) is 19.3 Å². The first kappa shape index (κ1) is 30.5. The second-order valence-electron chi connectivity index (χ2n) is 13.6. The molecule has 5 nitrogen and oxygen atoms in total. The Labute approximate surface area is 277 Å². The molecule has 0 bridgehead atoms. The lowest BCUT2D eigenvalue weighted by Crippen LogP contribution is -2.05. The summed E-state index contributed by atoms with van der Waals surface area (Å²) < 4.78 is 10.7. The fourth-order valence-corrected chi connectivity index (χ4v) is 6.76. The van der Waals surface area contributed by atoms with E-state index in [0.717, 1.165) is 52.4 Å². The van der Waals surface area contributed by atoms with E-state index < -0.39 is 0 Å². The summed E-state index contributed by atoms with van der Waals surface area (Å²) in [6.07, 6.45) is 8.14. The van der Waals surface area contributed by atoms with E-state index in [1.54, 1.807) is 0 Å². The normalized spacial score (nSPS) is 11.7. The third kappa shape index (κ3) is 6.06. The summed E-state index contributed by atoms with van der Waals surface area (Å²) in [7, 11) is 0. The predicted octanol–water partition coefficient (Wildman–Crippen LogP) is 10.8. The number of rotatable bonds is 9. The van der Waals surface area contributed by atoms with Gasteiger partial charge in [0.1, 0.15) is 17.3 Å². The maximum atomic E-state index is 6.52. The van der Waals surface area contributed by atoms with Crippen LogP contribution in [0.25, 0.3) is 44.4 Å². The maximum absolute atomic E-state index is 6.52. The fourth-order valence-electron chi connectivity index (χ4n) is 6.76. The van der Waals surface area contributed by atoms with Crippen molar-refractivity contribution in [2.75, 3.05) is 0 Å². The van der Waals surface area contributed by atoms with Crippen LogP contribution in [0.15, 0.2) is 110 Å². The highest BCUT2D eigenvalue weighted by atomic mass is 16.5. The van der Waals surface area contributed by atoms with Crippen LogP contribution >= 0.6 is 0 Å². The number of benzene rings is 4. The Balaban J connectivity index is 1.24. The zero-order valence-electron chi connectivity index (χ0n) is 28.2. The van der Waals surface area contributed by atoms with E-state index in [-0.39, 0.29) is 0 Å². The van der Waals surface area contributed by atoms with E-state index in [2.05, 4.69) is 119 Å². The van der Waals surface area contributed by atoms with Gasteiger partial charge in [0.15, 0.2) is 0 Å². The first-order chi connectivity index (χ1) is 22.7. The number of pyridine rings is 1. The maximum Gasteiger partial charge on any atom is 0.137 e. The van der Waals surface area contributed by atoms with E-state index in [9.17, 15) is 0 Å². The molecule has 0 saturated heterocycles. The lowest BCUT2D eigenvalue weighted by atomic mass is 9.85. The van der Waals surface area contributed by atoms with Crippen LogP contribution in [-0.2, 0) is 12.8 Å². The molecular formula is C42H42N4O. The summed E-state index contributed by atoms with van der Waals surface area (Å²) in [6.45, 7) is 13.5. The van der Waals surface area contributed by atoms with Gasteiger partial charge in [-0.2, -0.15) is 5.10 Å². The molecule has 0 atom stereocenters. The van der Waals surface area contributed by atoms with Crippen LogP contribution in [0.2, 0.25) is 0 Å². The van der Waals surface area contributed by atoms with Crippen molar-refractivity contribution in [2.24, 2.45) is 11.8 Å². The molecule has 5 heteroatoms. The minimum absolute atomic E-state index is 0.569. The first-order valence-electron chi connectivity index (χ1n) is 16.7. The summed E-state index contributed by atoms with van der Waals surface area (Å²) in [6, 6.07) is 31.7. The van der Waals surface area contributed by atoms with Gasteiger partial charge in [-0.25, -0.2) is 9.67 Å². The number of hydrogen-bond acceptors (Lipinski definition) is 3. The Bertz CT molecular complexity index is 2220. The largest absolute Gasteiger partial charge is 0.457 e. The lowest BCUT2D eigenvalue weighted by Gasteiger charge is -2.19. The van der Waals surface area contributed by atoms with Crippen LogP contribution in [0.3, 0.4) is 0 Å². The van der Waals surface area contributed by atoms with Gasteiger partial charge < -0.3 is 4.74 Å². The smallest absolute Gasteiger partial charge is 0.137 e. The highest BCUT2D eigenvalue weighted by Gasteiger charge is 2.18. The summed E-state index contributed by atoms with van der Waals surface area (Å²) in [4.78, 5) is 4.72. The molecule has 0 aliphatic heterocycles. The van der Waals surface area contributed by atoms with Crippen molar-refractivity contribution >= 4 is 21.8 Å². The summed E-state index contributed by atoms with van der Waals surface area (Å²) in [5, 5.41) is 7.21. The highest BCUT2D eigenvalue weighted by molar-refractivity contribution is 6.09. The Kier molecular flexibility index (Phi) is 8.15. The van der Waals surface area contributed by atoms with Crippen molar-refractivity contribution in [2.45, 2.75) is 54.4 Å². The van der Waals surface area contributed by atoms with Gasteiger partial charge in [0, 0.05) is 40.9 Å². The zero-order valence-corrected chi connectivity index (χ0v) is 28.2. The van der Waals surface area contributed by atoms with Crippen molar-refractivity contribution in [3.8, 4) is 34.1 Å². The van der Waals surface area contributed by atoms with Gasteiger partial charge in [0.05, 0.1) is 22.9 Å². The predicted molar refractivity (Wildman–Crippen MR) is 194 cm³/mol. The highest BCUT2D eigenvalue weighted by Crippen LogP contribution is 2.36. The zero-order chi connectivity index (χ0) is 32.7. The first-order valence-corrected chi connectivity index (χ1v) is 16.7. The molecule has 0 radical (unpaired) electrons. The van der Waals surface area contributed by atoms with Gasteiger partial charge in [-0.3, -0.25) is 4.57 Å². The van der Waals surface area contributed by atoms with Gasteiger partial charge >= 0.3 is 0 Å². The molecule has 0 amide bonds.